The van der Waals surface area contributed by atoms with Crippen molar-refractivity contribution < 1.29 is 14.4 Å². The van der Waals surface area contributed by atoms with Crippen LogP contribution in [-0.4, -0.2) is 24.3 Å². The third kappa shape index (κ3) is 5.54. The van der Waals surface area contributed by atoms with Crippen LogP contribution in [0.1, 0.15) is 33.8 Å². The average Bonchev–Trinajstić information content (AvgIpc) is 2.78. The van der Waals surface area contributed by atoms with Gasteiger partial charge in [0.25, 0.3) is 0 Å². The van der Waals surface area contributed by atoms with E-state index in [-0.39, 0.29) is 5.92 Å². The van der Waals surface area contributed by atoms with Crippen LogP contribution in [0.4, 0.5) is 5.69 Å². The highest BCUT2D eigenvalue weighted by Crippen LogP contribution is 2.27. The van der Waals surface area contributed by atoms with Crippen molar-refractivity contribution in [1.29, 1.82) is 0 Å². The molecule has 0 radical (unpaired) electrons. The van der Waals surface area contributed by atoms with Gasteiger partial charge in [-0.25, -0.2) is 0 Å². The van der Waals surface area contributed by atoms with Gasteiger partial charge in [0.15, 0.2) is 0 Å². The molecule has 3 amide bonds. The number of carbonyl (C=O) groups is 3. The standard InChI is InChI=1S/C24H23N3O3/c25-22(28)19-11-13-20(14-12-19)27-24(30)23(29)26-16-15-21(17-7-3-1-4-8-17)18-9-5-2-6-10-18/h1-14,21H,15-16H2,(H2,25,28)(H,26,29)(H,27,30). The first kappa shape index (κ1) is 20.8. The maximum Gasteiger partial charge on any atom is 0.313 e. The van der Waals surface area contributed by atoms with Crippen molar-refractivity contribution in [2.75, 3.05) is 11.9 Å². The van der Waals surface area contributed by atoms with Crippen molar-refractivity contribution in [2.45, 2.75) is 12.3 Å². The third-order valence-corrected chi connectivity index (χ3v) is 4.76. The minimum absolute atomic E-state index is 0.108. The number of amides is 3. The van der Waals surface area contributed by atoms with E-state index < -0.39 is 17.7 Å². The number of nitrogens with two attached hydrogens (primary N) is 1. The van der Waals surface area contributed by atoms with Crippen molar-refractivity contribution in [1.82, 2.24) is 5.32 Å². The molecule has 0 saturated carbocycles. The summed E-state index contributed by atoms with van der Waals surface area (Å²) in [6.45, 7) is 0.349. The zero-order valence-electron chi connectivity index (χ0n) is 16.4. The Morgan fingerprint density at radius 3 is 1.77 bits per heavy atom. The van der Waals surface area contributed by atoms with E-state index in [1.54, 1.807) is 0 Å². The second-order valence-corrected chi connectivity index (χ2v) is 6.81. The lowest BCUT2D eigenvalue weighted by atomic mass is 9.88. The maximum absolute atomic E-state index is 12.2. The highest BCUT2D eigenvalue weighted by atomic mass is 16.2. The molecule has 0 aliphatic rings. The van der Waals surface area contributed by atoms with Gasteiger partial charge in [-0.2, -0.15) is 0 Å². The van der Waals surface area contributed by atoms with Gasteiger partial charge in [-0.05, 0) is 41.8 Å². The van der Waals surface area contributed by atoms with Crippen molar-refractivity contribution in [3.8, 4) is 0 Å². The van der Waals surface area contributed by atoms with Crippen LogP contribution in [0.25, 0.3) is 0 Å². The molecule has 4 N–H and O–H groups in total. The van der Waals surface area contributed by atoms with E-state index in [9.17, 15) is 14.4 Å². The summed E-state index contributed by atoms with van der Waals surface area (Å²) in [5.41, 5.74) is 8.22. The van der Waals surface area contributed by atoms with E-state index >= 15 is 0 Å². The topological polar surface area (TPSA) is 101 Å². The fourth-order valence-corrected chi connectivity index (χ4v) is 3.21. The third-order valence-electron chi connectivity index (χ3n) is 4.76. The van der Waals surface area contributed by atoms with Crippen LogP contribution >= 0.6 is 0 Å². The van der Waals surface area contributed by atoms with Crippen molar-refractivity contribution in [3.05, 3.63) is 102 Å². The molecule has 0 unspecified atom stereocenters. The molecule has 3 aromatic carbocycles. The summed E-state index contributed by atoms with van der Waals surface area (Å²) in [6, 6.07) is 26.1. The van der Waals surface area contributed by atoms with Crippen molar-refractivity contribution >= 4 is 23.4 Å². The lowest BCUT2D eigenvalue weighted by Crippen LogP contribution is -2.36. The number of hydrogen-bond donors (Lipinski definition) is 3. The molecular weight excluding hydrogens is 378 g/mol. The zero-order chi connectivity index (χ0) is 21.3. The lowest BCUT2D eigenvalue weighted by Gasteiger charge is -2.18. The molecule has 3 aromatic rings. The van der Waals surface area contributed by atoms with Gasteiger partial charge in [0.05, 0.1) is 0 Å². The maximum atomic E-state index is 12.2. The highest BCUT2D eigenvalue weighted by Gasteiger charge is 2.17. The Kier molecular flexibility index (Phi) is 6.95. The summed E-state index contributed by atoms with van der Waals surface area (Å²) in [6.07, 6.45) is 0.653. The summed E-state index contributed by atoms with van der Waals surface area (Å²) in [5, 5.41) is 5.18. The van der Waals surface area contributed by atoms with Gasteiger partial charge in [-0.3, -0.25) is 14.4 Å². The summed E-state index contributed by atoms with van der Waals surface area (Å²) >= 11 is 0. The number of carbonyl (C=O) groups excluding carboxylic acids is 3. The first-order valence-corrected chi connectivity index (χ1v) is 9.63. The van der Waals surface area contributed by atoms with Gasteiger partial charge in [0.1, 0.15) is 0 Å². The minimum atomic E-state index is -0.766. The van der Waals surface area contributed by atoms with Crippen LogP contribution in [0.3, 0.4) is 0 Å². The summed E-state index contributed by atoms with van der Waals surface area (Å²) in [5.74, 6) is -1.93. The Morgan fingerprint density at radius 2 is 1.27 bits per heavy atom. The summed E-state index contributed by atoms with van der Waals surface area (Å²) in [7, 11) is 0. The summed E-state index contributed by atoms with van der Waals surface area (Å²) < 4.78 is 0. The Morgan fingerprint density at radius 1 is 0.733 bits per heavy atom. The lowest BCUT2D eigenvalue weighted by molar-refractivity contribution is -0.136. The predicted octanol–water partition coefficient (Wildman–Crippen LogP) is 3.06. The van der Waals surface area contributed by atoms with Gasteiger partial charge in [-0.15, -0.1) is 0 Å². The first-order valence-electron chi connectivity index (χ1n) is 9.63. The molecule has 0 aliphatic heterocycles. The molecule has 0 spiro atoms. The van der Waals surface area contributed by atoms with Gasteiger partial charge in [-0.1, -0.05) is 60.7 Å². The molecule has 0 heterocycles. The van der Waals surface area contributed by atoms with Crippen molar-refractivity contribution in [3.63, 3.8) is 0 Å². The van der Waals surface area contributed by atoms with Gasteiger partial charge < -0.3 is 16.4 Å². The van der Waals surface area contributed by atoms with E-state index in [1.807, 2.05) is 36.4 Å². The number of nitrogens with one attached hydrogen (secondary N) is 2. The number of hydrogen-bond acceptors (Lipinski definition) is 3. The molecule has 30 heavy (non-hydrogen) atoms. The number of benzene rings is 3. The fourth-order valence-electron chi connectivity index (χ4n) is 3.21. The van der Waals surface area contributed by atoms with Crippen LogP contribution in [0.5, 0.6) is 0 Å². The SMILES string of the molecule is NC(=O)c1ccc(NC(=O)C(=O)NCCC(c2ccccc2)c2ccccc2)cc1. The molecule has 0 bridgehead atoms. The van der Waals surface area contributed by atoms with E-state index in [2.05, 4.69) is 34.9 Å². The van der Waals surface area contributed by atoms with Crippen LogP contribution < -0.4 is 16.4 Å². The largest absolute Gasteiger partial charge is 0.366 e. The molecule has 0 saturated heterocycles. The molecule has 3 rings (SSSR count). The molecule has 0 aliphatic carbocycles. The molecule has 152 valence electrons. The summed E-state index contributed by atoms with van der Waals surface area (Å²) in [4.78, 5) is 35.4. The molecular formula is C24H23N3O3. The number of primary amides is 1. The molecule has 0 aromatic heterocycles. The quantitative estimate of drug-likeness (QED) is 0.530. The minimum Gasteiger partial charge on any atom is -0.366 e. The van der Waals surface area contributed by atoms with E-state index in [1.165, 1.54) is 24.3 Å². The Labute approximate surface area is 175 Å². The second kappa shape index (κ2) is 10.0. The van der Waals surface area contributed by atoms with Gasteiger partial charge in [0.2, 0.25) is 5.91 Å². The normalized spacial score (nSPS) is 10.4. The Hall–Kier alpha value is -3.93. The molecule has 6 heteroatoms. The fraction of sp³-hybridized carbons (Fsp3) is 0.125. The first-order chi connectivity index (χ1) is 14.5. The molecule has 0 atom stereocenters. The Bertz CT molecular complexity index is 963. The smallest absolute Gasteiger partial charge is 0.313 e. The van der Waals surface area contributed by atoms with Crippen LogP contribution in [0.15, 0.2) is 84.9 Å². The van der Waals surface area contributed by atoms with Gasteiger partial charge >= 0.3 is 11.8 Å². The zero-order valence-corrected chi connectivity index (χ0v) is 16.4. The Balaban J connectivity index is 1.57. The highest BCUT2D eigenvalue weighted by molar-refractivity contribution is 6.39. The van der Waals surface area contributed by atoms with Crippen LogP contribution in [0.2, 0.25) is 0 Å². The van der Waals surface area contributed by atoms with E-state index in [4.69, 9.17) is 5.73 Å². The van der Waals surface area contributed by atoms with Gasteiger partial charge in [0, 0.05) is 23.7 Å². The molecule has 6 nitrogen and oxygen atoms in total. The second-order valence-electron chi connectivity index (χ2n) is 6.81. The molecule has 0 fully saturated rings. The monoisotopic (exact) mass is 401 g/mol. The van der Waals surface area contributed by atoms with Crippen LogP contribution in [-0.2, 0) is 9.59 Å². The predicted molar refractivity (Wildman–Crippen MR) is 116 cm³/mol. The van der Waals surface area contributed by atoms with E-state index in [0.717, 1.165) is 11.1 Å². The van der Waals surface area contributed by atoms with Crippen molar-refractivity contribution in [2.24, 2.45) is 5.73 Å². The number of rotatable bonds is 7. The number of anilines is 1. The van der Waals surface area contributed by atoms with E-state index in [0.29, 0.717) is 24.2 Å². The average molecular weight is 401 g/mol. The van der Waals surface area contributed by atoms with Crippen LogP contribution in [0, 0.1) is 0 Å².